The number of furan rings is 1. The lowest BCUT2D eigenvalue weighted by molar-refractivity contribution is -0.115. The largest absolute Gasteiger partial charge is 0.465 e. The van der Waals surface area contributed by atoms with Crippen LogP contribution in [0.2, 0.25) is 0 Å². The molecule has 32 heavy (non-hydrogen) atoms. The van der Waals surface area contributed by atoms with E-state index in [1.807, 2.05) is 19.1 Å². The van der Waals surface area contributed by atoms with Crippen LogP contribution >= 0.6 is 12.2 Å². The number of benzene rings is 2. The first-order valence-electron chi connectivity index (χ1n) is 9.52. The maximum absolute atomic E-state index is 12.4. The molecule has 0 saturated heterocycles. The van der Waals surface area contributed by atoms with Gasteiger partial charge in [-0.25, -0.2) is 0 Å². The van der Waals surface area contributed by atoms with E-state index in [1.54, 1.807) is 48.5 Å². The molecule has 0 aliphatic heterocycles. The Morgan fingerprint density at radius 3 is 2.34 bits per heavy atom. The Labute approximate surface area is 189 Å². The van der Waals surface area contributed by atoms with Gasteiger partial charge in [0.05, 0.1) is 6.26 Å². The van der Waals surface area contributed by atoms with Gasteiger partial charge in [0.1, 0.15) is 5.76 Å². The third-order valence-electron chi connectivity index (χ3n) is 4.26. The molecule has 1 heterocycles. The first kappa shape index (κ1) is 22.4. The van der Waals surface area contributed by atoms with Gasteiger partial charge in [0, 0.05) is 22.9 Å². The quantitative estimate of drug-likeness (QED) is 0.271. The van der Waals surface area contributed by atoms with Gasteiger partial charge >= 0.3 is 0 Å². The minimum absolute atomic E-state index is 0.0745. The zero-order valence-electron chi connectivity index (χ0n) is 17.0. The van der Waals surface area contributed by atoms with Crippen molar-refractivity contribution in [2.24, 2.45) is 0 Å². The number of thiocarbonyl (C=S) groups is 1. The molecule has 4 N–H and O–H groups in total. The average Bonchev–Trinajstić information content (AvgIpc) is 3.30. The molecule has 2 aromatic carbocycles. The second kappa shape index (κ2) is 10.7. The van der Waals surface area contributed by atoms with E-state index in [0.717, 1.165) is 5.56 Å². The summed E-state index contributed by atoms with van der Waals surface area (Å²) in [5.74, 6) is -0.665. The second-order valence-electron chi connectivity index (χ2n) is 6.59. The molecule has 0 saturated carbocycles. The Hall–Kier alpha value is -4.24. The van der Waals surface area contributed by atoms with Gasteiger partial charge in [0.2, 0.25) is 5.91 Å². The van der Waals surface area contributed by atoms with Crippen LogP contribution < -0.4 is 21.5 Å². The number of hydrazine groups is 1. The van der Waals surface area contributed by atoms with Crippen molar-refractivity contribution in [3.63, 3.8) is 0 Å². The summed E-state index contributed by atoms with van der Waals surface area (Å²) < 4.78 is 5.08. The minimum atomic E-state index is -0.484. The molecule has 0 atom stereocenters. The van der Waals surface area contributed by atoms with E-state index in [0.29, 0.717) is 22.6 Å². The minimum Gasteiger partial charge on any atom is -0.465 e. The summed E-state index contributed by atoms with van der Waals surface area (Å²) in [6.45, 7) is 1.86. The maximum Gasteiger partial charge on any atom is 0.269 e. The summed E-state index contributed by atoms with van der Waals surface area (Å²) in [4.78, 5) is 36.4. The number of carbonyl (C=O) groups excluding carboxylic acids is 3. The highest BCUT2D eigenvalue weighted by Crippen LogP contribution is 2.13. The lowest BCUT2D eigenvalue weighted by atomic mass is 10.1. The van der Waals surface area contributed by atoms with Crippen LogP contribution in [0.3, 0.4) is 0 Å². The number of aryl methyl sites for hydroxylation is 1. The van der Waals surface area contributed by atoms with Gasteiger partial charge in [-0.3, -0.25) is 30.6 Å². The van der Waals surface area contributed by atoms with E-state index in [-0.39, 0.29) is 11.0 Å². The van der Waals surface area contributed by atoms with E-state index in [9.17, 15) is 14.4 Å². The van der Waals surface area contributed by atoms with E-state index in [4.69, 9.17) is 16.6 Å². The van der Waals surface area contributed by atoms with Crippen molar-refractivity contribution in [2.45, 2.75) is 6.92 Å². The molecule has 8 nitrogen and oxygen atoms in total. The van der Waals surface area contributed by atoms with Crippen molar-refractivity contribution in [3.05, 3.63) is 95.5 Å². The monoisotopic (exact) mass is 448 g/mol. The highest BCUT2D eigenvalue weighted by atomic mass is 32.1. The fourth-order valence-corrected chi connectivity index (χ4v) is 2.80. The van der Waals surface area contributed by atoms with Gasteiger partial charge in [-0.2, -0.15) is 0 Å². The third-order valence-corrected chi connectivity index (χ3v) is 4.47. The fourth-order valence-electron chi connectivity index (χ4n) is 2.65. The number of hydrogen-bond acceptors (Lipinski definition) is 5. The molecule has 3 amide bonds. The zero-order chi connectivity index (χ0) is 22.9. The molecule has 0 aliphatic rings. The van der Waals surface area contributed by atoms with Crippen LogP contribution in [-0.4, -0.2) is 22.8 Å². The van der Waals surface area contributed by atoms with Crippen molar-refractivity contribution < 1.29 is 18.8 Å². The van der Waals surface area contributed by atoms with Crippen LogP contribution in [0.25, 0.3) is 6.08 Å². The summed E-state index contributed by atoms with van der Waals surface area (Å²) in [5.41, 5.74) is 7.17. The average molecular weight is 449 g/mol. The topological polar surface area (TPSA) is 112 Å². The van der Waals surface area contributed by atoms with Crippen molar-refractivity contribution in [1.29, 1.82) is 0 Å². The first-order valence-corrected chi connectivity index (χ1v) is 9.93. The van der Waals surface area contributed by atoms with Crippen LogP contribution in [0.4, 0.5) is 5.69 Å². The van der Waals surface area contributed by atoms with Crippen LogP contribution in [-0.2, 0) is 4.79 Å². The van der Waals surface area contributed by atoms with Crippen molar-refractivity contribution in [1.82, 2.24) is 16.2 Å². The van der Waals surface area contributed by atoms with E-state index < -0.39 is 11.8 Å². The van der Waals surface area contributed by atoms with Gasteiger partial charge in [0.25, 0.3) is 11.8 Å². The van der Waals surface area contributed by atoms with E-state index >= 15 is 0 Å². The van der Waals surface area contributed by atoms with Gasteiger partial charge in [-0.1, -0.05) is 18.2 Å². The van der Waals surface area contributed by atoms with Crippen molar-refractivity contribution in [2.75, 3.05) is 5.32 Å². The predicted molar refractivity (Wildman–Crippen MR) is 125 cm³/mol. The van der Waals surface area contributed by atoms with Gasteiger partial charge in [-0.15, -0.1) is 0 Å². The molecule has 162 valence electrons. The Kier molecular flexibility index (Phi) is 7.50. The molecule has 9 heteroatoms. The highest BCUT2D eigenvalue weighted by molar-refractivity contribution is 7.80. The second-order valence-corrected chi connectivity index (χ2v) is 7.00. The Morgan fingerprint density at radius 2 is 1.66 bits per heavy atom. The molecule has 0 bridgehead atoms. The SMILES string of the molecule is Cc1ccccc1C(=O)Nc1ccc(C(=O)NNC(=S)NC(=O)/C=C/c2ccco2)cc1. The van der Waals surface area contributed by atoms with Crippen LogP contribution in [0.5, 0.6) is 0 Å². The van der Waals surface area contributed by atoms with E-state index in [2.05, 4.69) is 21.5 Å². The van der Waals surface area contributed by atoms with Crippen LogP contribution in [0.1, 0.15) is 32.0 Å². The molecule has 0 aliphatic carbocycles. The fraction of sp³-hybridized carbons (Fsp3) is 0.0435. The van der Waals surface area contributed by atoms with Crippen molar-refractivity contribution >= 4 is 46.8 Å². The standard InChI is InChI=1S/C23H20N4O4S/c1-15-5-2-3-7-19(15)22(30)24-17-10-8-16(9-11-17)21(29)26-27-23(32)25-20(28)13-12-18-6-4-14-31-18/h2-14H,1H3,(H,24,30)(H,26,29)(H2,25,27,28,32)/b13-12+. The molecular weight excluding hydrogens is 428 g/mol. The molecule has 1 aromatic heterocycles. The first-order chi connectivity index (χ1) is 15.4. The normalized spacial score (nSPS) is 10.4. The Morgan fingerprint density at radius 1 is 0.906 bits per heavy atom. The maximum atomic E-state index is 12.4. The number of anilines is 1. The Bertz CT molecular complexity index is 1160. The number of nitrogens with one attached hydrogen (secondary N) is 4. The van der Waals surface area contributed by atoms with Crippen LogP contribution in [0.15, 0.2) is 77.4 Å². The number of hydrogen-bond donors (Lipinski definition) is 4. The number of carbonyl (C=O) groups is 3. The number of rotatable bonds is 5. The highest BCUT2D eigenvalue weighted by Gasteiger charge is 2.10. The smallest absolute Gasteiger partial charge is 0.269 e. The third kappa shape index (κ3) is 6.38. The molecule has 3 rings (SSSR count). The Balaban J connectivity index is 1.47. The van der Waals surface area contributed by atoms with Gasteiger partial charge < -0.3 is 9.73 Å². The summed E-state index contributed by atoms with van der Waals surface area (Å²) >= 11 is 4.98. The number of amides is 3. The summed E-state index contributed by atoms with van der Waals surface area (Å²) in [6, 6.07) is 17.0. The van der Waals surface area contributed by atoms with Gasteiger partial charge in [-0.05, 0) is 73.2 Å². The van der Waals surface area contributed by atoms with Crippen LogP contribution in [0, 0.1) is 6.92 Å². The predicted octanol–water partition coefficient (Wildman–Crippen LogP) is 3.19. The zero-order valence-corrected chi connectivity index (χ0v) is 17.9. The molecule has 0 spiro atoms. The summed E-state index contributed by atoms with van der Waals surface area (Å²) in [6.07, 6.45) is 4.22. The lowest BCUT2D eigenvalue weighted by Gasteiger charge is -2.11. The summed E-state index contributed by atoms with van der Waals surface area (Å²) in [7, 11) is 0. The molecule has 0 fully saturated rings. The molecule has 3 aromatic rings. The molecule has 0 unspecified atom stereocenters. The molecule has 0 radical (unpaired) electrons. The molecular formula is C23H20N4O4S. The van der Waals surface area contributed by atoms with Crippen molar-refractivity contribution in [3.8, 4) is 0 Å². The summed E-state index contributed by atoms with van der Waals surface area (Å²) in [5, 5.41) is 5.11. The van der Waals surface area contributed by atoms with Gasteiger partial charge in [0.15, 0.2) is 5.11 Å². The lowest BCUT2D eigenvalue weighted by Crippen LogP contribution is -2.48. The van der Waals surface area contributed by atoms with E-state index in [1.165, 1.54) is 18.4 Å².